The van der Waals surface area contributed by atoms with Gasteiger partial charge in [-0.15, -0.1) is 0 Å². The third kappa shape index (κ3) is 9.01. The molecule has 1 aromatic heterocycles. The maximum Gasteiger partial charge on any atom is 0.328 e. The van der Waals surface area contributed by atoms with Crippen molar-refractivity contribution < 1.29 is 9.90 Å². The first-order valence-corrected chi connectivity index (χ1v) is 6.95. The van der Waals surface area contributed by atoms with Crippen molar-refractivity contribution in [2.75, 3.05) is 6.54 Å². The first-order valence-electron chi connectivity index (χ1n) is 6.01. The number of allylic oxidation sites excluding steroid dienone is 1. The smallest absolute Gasteiger partial charge is 0.328 e. The van der Waals surface area contributed by atoms with E-state index in [0.717, 1.165) is 11.9 Å². The summed E-state index contributed by atoms with van der Waals surface area (Å²) >= 11 is 1.62. The van der Waals surface area contributed by atoms with Gasteiger partial charge >= 0.3 is 5.97 Å². The summed E-state index contributed by atoms with van der Waals surface area (Å²) in [5, 5.41) is 18.8. The number of nitrogens with one attached hydrogen (secondary N) is 1. The van der Waals surface area contributed by atoms with Crippen molar-refractivity contribution in [2.24, 2.45) is 16.5 Å². The van der Waals surface area contributed by atoms with Gasteiger partial charge in [-0.1, -0.05) is 6.08 Å². The summed E-state index contributed by atoms with van der Waals surface area (Å²) in [4.78, 5) is 14.8. The van der Waals surface area contributed by atoms with Gasteiger partial charge in [0.05, 0.1) is 6.34 Å². The van der Waals surface area contributed by atoms with Gasteiger partial charge in [0.15, 0.2) is 0 Å². The van der Waals surface area contributed by atoms with Crippen molar-refractivity contribution in [1.29, 1.82) is 5.41 Å². The fraction of sp³-hybridized carbons (Fsp3) is 0.308. The first-order chi connectivity index (χ1) is 9.65. The Bertz CT molecular complexity index is 430. The third-order valence-electron chi connectivity index (χ3n) is 2.15. The van der Waals surface area contributed by atoms with Crippen LogP contribution in [0.2, 0.25) is 0 Å². The predicted molar refractivity (Wildman–Crippen MR) is 84.5 cm³/mol. The predicted octanol–water partition coefficient (Wildman–Crippen LogP) is 1.58. The van der Waals surface area contributed by atoms with Gasteiger partial charge in [-0.05, 0) is 47.9 Å². The number of carbonyl (C=O) groups is 1. The van der Waals surface area contributed by atoms with Gasteiger partial charge in [0.2, 0.25) is 0 Å². The lowest BCUT2D eigenvalue weighted by Gasteiger charge is -2.04. The van der Waals surface area contributed by atoms with Crippen LogP contribution >= 0.6 is 11.3 Å². The molecule has 1 unspecified atom stereocenters. The second kappa shape index (κ2) is 12.1. The number of thiophene rings is 1. The van der Waals surface area contributed by atoms with E-state index in [1.807, 2.05) is 22.9 Å². The van der Waals surface area contributed by atoms with E-state index in [4.69, 9.17) is 16.2 Å². The molecule has 0 bridgehead atoms. The van der Waals surface area contributed by atoms with Crippen molar-refractivity contribution >= 4 is 35.9 Å². The molecule has 0 aromatic carbocycles. The van der Waals surface area contributed by atoms with E-state index in [-0.39, 0.29) is 0 Å². The van der Waals surface area contributed by atoms with Crippen LogP contribution in [0.15, 0.2) is 27.9 Å². The molecule has 0 aliphatic heterocycles. The lowest BCUT2D eigenvalue weighted by molar-refractivity contribution is -0.138. The largest absolute Gasteiger partial charge is 0.480 e. The van der Waals surface area contributed by atoms with E-state index in [0.29, 0.717) is 19.4 Å². The number of hydrogen-bond donors (Lipinski definition) is 4. The Morgan fingerprint density at radius 2 is 2.30 bits per heavy atom. The summed E-state index contributed by atoms with van der Waals surface area (Å²) in [6, 6.07) is 1.30. The SMILES string of the molecule is N=CN.NCCCC(N=C/C=C/c1ccsc1)C(=O)O. The number of carboxylic acids is 1. The number of rotatable bonds is 7. The molecule has 0 amide bonds. The van der Waals surface area contributed by atoms with Crippen LogP contribution in [0.4, 0.5) is 0 Å². The third-order valence-corrected chi connectivity index (χ3v) is 2.85. The molecule has 20 heavy (non-hydrogen) atoms. The van der Waals surface area contributed by atoms with Crippen molar-refractivity contribution in [3.8, 4) is 0 Å². The lowest BCUT2D eigenvalue weighted by atomic mass is 10.1. The van der Waals surface area contributed by atoms with Crippen LogP contribution in [0.3, 0.4) is 0 Å². The van der Waals surface area contributed by atoms with Crippen LogP contribution < -0.4 is 11.5 Å². The van der Waals surface area contributed by atoms with Crippen LogP contribution in [0.1, 0.15) is 18.4 Å². The molecule has 0 aliphatic rings. The zero-order valence-electron chi connectivity index (χ0n) is 11.1. The minimum Gasteiger partial charge on any atom is -0.480 e. The summed E-state index contributed by atoms with van der Waals surface area (Å²) < 4.78 is 0. The van der Waals surface area contributed by atoms with Gasteiger partial charge in [0.25, 0.3) is 0 Å². The van der Waals surface area contributed by atoms with E-state index in [1.165, 1.54) is 6.21 Å². The second-order valence-electron chi connectivity index (χ2n) is 3.67. The summed E-state index contributed by atoms with van der Waals surface area (Å²) in [5.41, 5.74) is 10.8. The molecule has 0 radical (unpaired) electrons. The van der Waals surface area contributed by atoms with Crippen LogP contribution in [0, 0.1) is 5.41 Å². The molecule has 7 heteroatoms. The van der Waals surface area contributed by atoms with Crippen molar-refractivity contribution in [1.82, 2.24) is 0 Å². The minimum atomic E-state index is -0.904. The normalized spacial score (nSPS) is 12.1. The Balaban J connectivity index is 0.00000110. The average molecular weight is 296 g/mol. The van der Waals surface area contributed by atoms with Gasteiger partial charge in [-0.25, -0.2) is 4.79 Å². The number of aliphatic imine (C=N–C) groups is 1. The van der Waals surface area contributed by atoms with E-state index in [1.54, 1.807) is 17.4 Å². The van der Waals surface area contributed by atoms with Gasteiger partial charge in [0.1, 0.15) is 6.04 Å². The molecule has 6 N–H and O–H groups in total. The molecular formula is C13H20N4O2S. The topological polar surface area (TPSA) is 126 Å². The molecule has 0 spiro atoms. The number of aliphatic carboxylic acids is 1. The molecule has 1 rings (SSSR count). The van der Waals surface area contributed by atoms with Gasteiger partial charge in [-0.3, -0.25) is 10.4 Å². The zero-order valence-corrected chi connectivity index (χ0v) is 11.9. The van der Waals surface area contributed by atoms with Crippen LogP contribution in [-0.2, 0) is 4.79 Å². The maximum absolute atomic E-state index is 10.9. The molecule has 0 saturated carbocycles. The molecule has 6 nitrogen and oxygen atoms in total. The molecule has 1 aromatic rings. The highest BCUT2D eigenvalue weighted by molar-refractivity contribution is 7.08. The summed E-state index contributed by atoms with van der Waals surface area (Å²) in [7, 11) is 0. The average Bonchev–Trinajstić information content (AvgIpc) is 2.91. The van der Waals surface area contributed by atoms with Crippen molar-refractivity contribution in [2.45, 2.75) is 18.9 Å². The fourth-order valence-electron chi connectivity index (χ4n) is 1.25. The highest BCUT2D eigenvalue weighted by atomic mass is 32.1. The number of hydrogen-bond acceptors (Lipinski definition) is 5. The second-order valence-corrected chi connectivity index (χ2v) is 4.45. The monoisotopic (exact) mass is 296 g/mol. The summed E-state index contributed by atoms with van der Waals surface area (Å²) in [6.07, 6.45) is 7.08. The Morgan fingerprint density at radius 1 is 1.60 bits per heavy atom. The minimum absolute atomic E-state index is 0.481. The highest BCUT2D eigenvalue weighted by Crippen LogP contribution is 2.07. The Morgan fingerprint density at radius 3 is 2.80 bits per heavy atom. The van der Waals surface area contributed by atoms with E-state index in [9.17, 15) is 4.79 Å². The molecule has 0 saturated heterocycles. The molecule has 0 fully saturated rings. The van der Waals surface area contributed by atoms with E-state index in [2.05, 4.69) is 10.7 Å². The lowest BCUT2D eigenvalue weighted by Crippen LogP contribution is -2.19. The Labute approximate surface area is 122 Å². The summed E-state index contributed by atoms with van der Waals surface area (Å²) in [5.74, 6) is -0.904. The Kier molecular flexibility index (Phi) is 10.9. The molecule has 1 atom stereocenters. The van der Waals surface area contributed by atoms with Crippen LogP contribution in [-0.4, -0.2) is 36.2 Å². The van der Waals surface area contributed by atoms with Gasteiger partial charge in [0, 0.05) is 6.21 Å². The molecule has 0 aliphatic carbocycles. The maximum atomic E-state index is 10.9. The van der Waals surface area contributed by atoms with Crippen molar-refractivity contribution in [3.63, 3.8) is 0 Å². The van der Waals surface area contributed by atoms with Gasteiger partial charge < -0.3 is 16.6 Å². The van der Waals surface area contributed by atoms with E-state index >= 15 is 0 Å². The fourth-order valence-corrected chi connectivity index (χ4v) is 1.88. The standard InChI is InChI=1S/C12H16N2O2S.CH4N2/c13-6-1-4-11(12(15)16)14-7-2-3-10-5-8-17-9-10;2-1-3/h2-3,5,7-9,11H,1,4,6,13H2,(H,15,16);1H,(H3,2,3)/b3-2+,14-7?;. The van der Waals surface area contributed by atoms with Crippen molar-refractivity contribution in [3.05, 3.63) is 28.5 Å². The van der Waals surface area contributed by atoms with Crippen LogP contribution in [0.5, 0.6) is 0 Å². The van der Waals surface area contributed by atoms with Gasteiger partial charge in [-0.2, -0.15) is 11.3 Å². The number of nitrogens with two attached hydrogens (primary N) is 2. The Hall–Kier alpha value is -1.99. The molecule has 1 heterocycles. The number of carboxylic acid groups (broad SMARTS) is 1. The molecule has 110 valence electrons. The quantitative estimate of drug-likeness (QED) is 0.450. The van der Waals surface area contributed by atoms with Crippen LogP contribution in [0.25, 0.3) is 6.08 Å². The zero-order chi connectivity index (χ0) is 15.2. The van der Waals surface area contributed by atoms with E-state index < -0.39 is 12.0 Å². The number of nitrogens with zero attached hydrogens (tertiary/aromatic N) is 1. The highest BCUT2D eigenvalue weighted by Gasteiger charge is 2.13. The summed E-state index contributed by atoms with van der Waals surface area (Å²) in [6.45, 7) is 0.490. The first kappa shape index (κ1) is 18.0. The molecular weight excluding hydrogens is 276 g/mol.